The number of anilines is 1. The molecule has 7 nitrogen and oxygen atoms in total. The lowest BCUT2D eigenvalue weighted by Gasteiger charge is -2.20. The normalized spacial score (nSPS) is 24.6. The van der Waals surface area contributed by atoms with E-state index in [9.17, 15) is 19.7 Å². The van der Waals surface area contributed by atoms with E-state index in [2.05, 4.69) is 5.32 Å². The second kappa shape index (κ2) is 6.98. The molecule has 0 saturated heterocycles. The Balaban J connectivity index is 1.43. The van der Waals surface area contributed by atoms with Crippen molar-refractivity contribution in [2.75, 3.05) is 11.9 Å². The smallest absolute Gasteiger partial charge is 0.306 e. The number of non-ortho nitro benzene ring substituents is 1. The predicted molar refractivity (Wildman–Crippen MR) is 86.2 cm³/mol. The molecule has 1 amide bonds. The largest absolute Gasteiger partial charge is 0.456 e. The van der Waals surface area contributed by atoms with E-state index in [4.69, 9.17) is 4.74 Å². The summed E-state index contributed by atoms with van der Waals surface area (Å²) in [6, 6.07) is 5.62. The number of nitro groups is 1. The number of ether oxygens (including phenoxy) is 1. The van der Waals surface area contributed by atoms with Crippen molar-refractivity contribution in [2.45, 2.75) is 32.1 Å². The Hall–Kier alpha value is -2.44. The van der Waals surface area contributed by atoms with E-state index in [0.717, 1.165) is 12.3 Å². The number of hydrogen-bond acceptors (Lipinski definition) is 5. The number of nitro benzene ring substituents is 1. The van der Waals surface area contributed by atoms with Gasteiger partial charge in [-0.25, -0.2) is 0 Å². The van der Waals surface area contributed by atoms with Crippen LogP contribution in [-0.4, -0.2) is 23.4 Å². The molecule has 0 heterocycles. The van der Waals surface area contributed by atoms with Crippen LogP contribution in [0.3, 0.4) is 0 Å². The maximum absolute atomic E-state index is 11.9. The number of fused-ring (bicyclic) bond motifs is 2. The summed E-state index contributed by atoms with van der Waals surface area (Å²) in [7, 11) is 0. The zero-order valence-corrected chi connectivity index (χ0v) is 13.3. The monoisotopic (exact) mass is 332 g/mol. The van der Waals surface area contributed by atoms with E-state index < -0.39 is 10.8 Å². The summed E-state index contributed by atoms with van der Waals surface area (Å²) in [5, 5.41) is 13.2. The van der Waals surface area contributed by atoms with Crippen LogP contribution in [0.15, 0.2) is 24.3 Å². The molecule has 0 spiro atoms. The fourth-order valence-corrected chi connectivity index (χ4v) is 3.94. The summed E-state index contributed by atoms with van der Waals surface area (Å²) in [4.78, 5) is 33.8. The number of esters is 1. The first kappa shape index (κ1) is 16.4. The zero-order chi connectivity index (χ0) is 17.1. The molecule has 2 bridgehead atoms. The van der Waals surface area contributed by atoms with Gasteiger partial charge in [0.15, 0.2) is 6.61 Å². The number of rotatable bonds is 6. The summed E-state index contributed by atoms with van der Waals surface area (Å²) in [5.41, 5.74) is 0.194. The first-order valence-electron chi connectivity index (χ1n) is 8.21. The van der Waals surface area contributed by atoms with Gasteiger partial charge in [0.05, 0.1) is 4.92 Å². The van der Waals surface area contributed by atoms with Crippen molar-refractivity contribution >= 4 is 23.3 Å². The Bertz CT molecular complexity index is 660. The van der Waals surface area contributed by atoms with Crippen LogP contribution in [-0.2, 0) is 14.3 Å². The third-order valence-corrected chi connectivity index (χ3v) is 5.02. The Labute approximate surface area is 139 Å². The number of carbonyl (C=O) groups is 2. The molecule has 3 unspecified atom stereocenters. The summed E-state index contributed by atoms with van der Waals surface area (Å²) in [6.45, 7) is -0.373. The number of carbonyl (C=O) groups excluding carboxylic acids is 2. The van der Waals surface area contributed by atoms with Crippen LogP contribution in [0.4, 0.5) is 11.4 Å². The molecule has 1 N–H and O–H groups in total. The molecule has 3 rings (SSSR count). The molecule has 2 aliphatic carbocycles. The van der Waals surface area contributed by atoms with E-state index >= 15 is 0 Å². The van der Waals surface area contributed by atoms with Gasteiger partial charge in [0.1, 0.15) is 0 Å². The summed E-state index contributed by atoms with van der Waals surface area (Å²) < 4.78 is 5.04. The first-order chi connectivity index (χ1) is 11.5. The molecule has 0 aromatic heterocycles. The number of nitrogens with zero attached hydrogens (tertiary/aromatic N) is 1. The molecule has 24 heavy (non-hydrogen) atoms. The van der Waals surface area contributed by atoms with Crippen molar-refractivity contribution in [1.29, 1.82) is 0 Å². The fourth-order valence-electron chi connectivity index (χ4n) is 3.94. The lowest BCUT2D eigenvalue weighted by Crippen LogP contribution is -2.23. The van der Waals surface area contributed by atoms with Gasteiger partial charge in [0.25, 0.3) is 11.6 Å². The maximum atomic E-state index is 11.9. The van der Waals surface area contributed by atoms with E-state index in [1.807, 2.05) is 0 Å². The van der Waals surface area contributed by atoms with Gasteiger partial charge in [0.2, 0.25) is 0 Å². The number of hydrogen-bond donors (Lipinski definition) is 1. The molecule has 2 fully saturated rings. The molecule has 0 aliphatic heterocycles. The quantitative estimate of drug-likeness (QED) is 0.490. The van der Waals surface area contributed by atoms with E-state index in [-0.39, 0.29) is 18.3 Å². The third-order valence-electron chi connectivity index (χ3n) is 5.02. The highest BCUT2D eigenvalue weighted by atomic mass is 16.6. The minimum Gasteiger partial charge on any atom is -0.456 e. The molecule has 2 saturated carbocycles. The molecule has 1 aromatic rings. The Kier molecular flexibility index (Phi) is 4.78. The summed E-state index contributed by atoms with van der Waals surface area (Å²) in [5.74, 6) is 0.959. The third kappa shape index (κ3) is 3.90. The summed E-state index contributed by atoms with van der Waals surface area (Å²) >= 11 is 0. The van der Waals surface area contributed by atoms with Crippen molar-refractivity contribution in [3.63, 3.8) is 0 Å². The first-order valence-corrected chi connectivity index (χ1v) is 8.21. The van der Waals surface area contributed by atoms with Crippen LogP contribution in [0, 0.1) is 27.9 Å². The maximum Gasteiger partial charge on any atom is 0.306 e. The van der Waals surface area contributed by atoms with Crippen molar-refractivity contribution in [2.24, 2.45) is 17.8 Å². The van der Waals surface area contributed by atoms with Gasteiger partial charge < -0.3 is 10.1 Å². The van der Waals surface area contributed by atoms with Crippen LogP contribution in [0.25, 0.3) is 0 Å². The zero-order valence-electron chi connectivity index (χ0n) is 13.3. The van der Waals surface area contributed by atoms with Gasteiger partial charge in [-0.3, -0.25) is 19.7 Å². The highest BCUT2D eigenvalue weighted by molar-refractivity contribution is 5.93. The van der Waals surface area contributed by atoms with Crippen LogP contribution in [0.5, 0.6) is 0 Å². The molecule has 3 atom stereocenters. The second-order valence-corrected chi connectivity index (χ2v) is 6.66. The lowest BCUT2D eigenvalue weighted by molar-refractivity contribution is -0.384. The molecule has 1 aromatic carbocycles. The van der Waals surface area contributed by atoms with Gasteiger partial charge in [0, 0.05) is 24.2 Å². The van der Waals surface area contributed by atoms with Crippen LogP contribution < -0.4 is 5.32 Å². The van der Waals surface area contributed by atoms with Gasteiger partial charge >= 0.3 is 5.97 Å². The Morgan fingerprint density at radius 2 is 2.12 bits per heavy atom. The molecule has 0 radical (unpaired) electrons. The molecule has 128 valence electrons. The second-order valence-electron chi connectivity index (χ2n) is 6.66. The average molecular weight is 332 g/mol. The molecular weight excluding hydrogens is 312 g/mol. The van der Waals surface area contributed by atoms with Crippen molar-refractivity contribution in [3.8, 4) is 0 Å². The van der Waals surface area contributed by atoms with Crippen LogP contribution >= 0.6 is 0 Å². The van der Waals surface area contributed by atoms with Gasteiger partial charge in [-0.15, -0.1) is 0 Å². The van der Waals surface area contributed by atoms with E-state index in [1.165, 1.54) is 37.5 Å². The average Bonchev–Trinajstić information content (AvgIpc) is 3.16. The number of nitrogens with one attached hydrogen (secondary N) is 1. The van der Waals surface area contributed by atoms with Crippen molar-refractivity contribution in [3.05, 3.63) is 34.4 Å². The predicted octanol–water partition coefficient (Wildman–Crippen LogP) is 2.90. The van der Waals surface area contributed by atoms with E-state index in [1.54, 1.807) is 6.07 Å². The van der Waals surface area contributed by atoms with Crippen LogP contribution in [0.1, 0.15) is 32.1 Å². The van der Waals surface area contributed by atoms with Crippen molar-refractivity contribution < 1.29 is 19.2 Å². The summed E-state index contributed by atoms with van der Waals surface area (Å²) in [6.07, 6.45) is 5.19. The topological polar surface area (TPSA) is 98.5 Å². The van der Waals surface area contributed by atoms with Crippen molar-refractivity contribution in [1.82, 2.24) is 0 Å². The highest BCUT2D eigenvalue weighted by Gasteiger charge is 2.40. The number of amides is 1. The van der Waals surface area contributed by atoms with Gasteiger partial charge in [-0.1, -0.05) is 12.5 Å². The van der Waals surface area contributed by atoms with E-state index in [0.29, 0.717) is 23.9 Å². The highest BCUT2D eigenvalue weighted by Crippen LogP contribution is 2.49. The molecule has 7 heteroatoms. The lowest BCUT2D eigenvalue weighted by atomic mass is 9.86. The van der Waals surface area contributed by atoms with Crippen LogP contribution in [0.2, 0.25) is 0 Å². The molecular formula is C17H20N2O5. The Morgan fingerprint density at radius 1 is 1.29 bits per heavy atom. The minimum atomic E-state index is -0.537. The fraction of sp³-hybridized carbons (Fsp3) is 0.529. The number of benzene rings is 1. The van der Waals surface area contributed by atoms with Gasteiger partial charge in [-0.05, 0) is 43.1 Å². The Morgan fingerprint density at radius 3 is 2.79 bits per heavy atom. The van der Waals surface area contributed by atoms with Gasteiger partial charge in [-0.2, -0.15) is 0 Å². The standard InChI is InChI=1S/C17H20N2O5/c20-16(18-14-2-1-3-15(9-14)19(22)23)10-24-17(21)8-13-7-11-4-5-12(13)6-11/h1-3,9,11-13H,4-8,10H2,(H,18,20). The molecule has 2 aliphatic rings. The SMILES string of the molecule is O=C(COC(=O)CC1CC2CCC1C2)Nc1cccc([N+](=O)[O-])c1. The minimum absolute atomic E-state index is 0.110.